The first-order valence-corrected chi connectivity index (χ1v) is 15.6. The topological polar surface area (TPSA) is 13.0 Å². The molecule has 0 unspecified atom stereocenters. The fourth-order valence-corrected chi connectivity index (χ4v) is 5.86. The van der Waals surface area contributed by atoms with Crippen LogP contribution in [0.1, 0.15) is 47.9 Å². The van der Waals surface area contributed by atoms with Crippen LogP contribution in [0.4, 0.5) is 22.7 Å². The molecule has 0 N–H and O–H groups in total. The van der Waals surface area contributed by atoms with E-state index in [0.29, 0.717) is 0 Å². The van der Waals surface area contributed by atoms with Gasteiger partial charge in [-0.1, -0.05) is 48.5 Å². The molecule has 7 aliphatic heterocycles. The molecule has 0 saturated carbocycles. The Kier molecular flexibility index (Phi) is 10.1. The summed E-state index contributed by atoms with van der Waals surface area (Å²) < 4.78 is 0. The van der Waals surface area contributed by atoms with Crippen LogP contribution in [0.3, 0.4) is 0 Å². The highest BCUT2D eigenvalue weighted by Gasteiger charge is 2.08. The fraction of sp³-hybridized carbons (Fsp3) is 0.368. The Bertz CT molecular complexity index is 1150. The maximum atomic E-state index is 2.38. The van der Waals surface area contributed by atoms with Crippen molar-refractivity contribution in [2.75, 3.05) is 74.0 Å². The zero-order chi connectivity index (χ0) is 29.3. The lowest BCUT2D eigenvalue weighted by atomic mass is 10.0. The largest absolute Gasteiger partial charge is 0.375 e. The molecule has 4 nitrogen and oxygen atoms in total. The van der Waals surface area contributed by atoms with Crippen LogP contribution < -0.4 is 19.6 Å². The van der Waals surface area contributed by atoms with Gasteiger partial charge in [0.25, 0.3) is 0 Å². The van der Waals surface area contributed by atoms with E-state index < -0.39 is 0 Å². The highest BCUT2D eigenvalue weighted by atomic mass is 15.1. The lowest BCUT2D eigenvalue weighted by Gasteiger charge is -2.23. The summed E-state index contributed by atoms with van der Waals surface area (Å²) in [5.74, 6) is 0. The Morgan fingerprint density at radius 3 is 0.690 bits per heavy atom. The van der Waals surface area contributed by atoms with E-state index in [0.717, 1.165) is 39.0 Å². The number of anilines is 4. The molecule has 7 aliphatic rings. The lowest BCUT2D eigenvalue weighted by Crippen LogP contribution is -2.22. The SMILES string of the molecule is CN1CCCCN(C)c2ccc(cc2)Cc2ccc(cc2)N(C)CCCCN(C)c2ccc(cc2)Cc2ccc1cc2. The second-order valence-electron chi connectivity index (χ2n) is 12.1. The number of hydrogen-bond donors (Lipinski definition) is 0. The van der Waals surface area contributed by atoms with Gasteiger partial charge in [0.1, 0.15) is 0 Å². The van der Waals surface area contributed by atoms with Gasteiger partial charge in [0, 0.05) is 77.1 Å². The van der Waals surface area contributed by atoms with Gasteiger partial charge in [0.15, 0.2) is 0 Å². The van der Waals surface area contributed by atoms with Crippen LogP contribution in [0.5, 0.6) is 0 Å². The molecule has 7 heterocycles. The summed E-state index contributed by atoms with van der Waals surface area (Å²) in [6.45, 7) is 4.26. The lowest BCUT2D eigenvalue weighted by molar-refractivity contribution is 0.707. The van der Waals surface area contributed by atoms with E-state index in [1.165, 1.54) is 70.7 Å². The molecule has 0 amide bonds. The van der Waals surface area contributed by atoms with Gasteiger partial charge in [-0.15, -0.1) is 0 Å². The van der Waals surface area contributed by atoms with Gasteiger partial charge in [-0.25, -0.2) is 0 Å². The van der Waals surface area contributed by atoms with Gasteiger partial charge in [-0.2, -0.15) is 0 Å². The Labute approximate surface area is 254 Å². The van der Waals surface area contributed by atoms with Gasteiger partial charge < -0.3 is 19.6 Å². The zero-order valence-electron chi connectivity index (χ0n) is 26.1. The van der Waals surface area contributed by atoms with Crippen molar-refractivity contribution in [1.29, 1.82) is 0 Å². The first-order valence-electron chi connectivity index (χ1n) is 15.6. The molecule has 0 atom stereocenters. The summed E-state index contributed by atoms with van der Waals surface area (Å²) in [7, 11) is 8.84. The summed E-state index contributed by atoms with van der Waals surface area (Å²) in [5, 5.41) is 0. The minimum absolute atomic E-state index is 0.967. The van der Waals surface area contributed by atoms with Crippen molar-refractivity contribution in [3.8, 4) is 0 Å². The smallest absolute Gasteiger partial charge is 0.0363 e. The van der Waals surface area contributed by atoms with E-state index in [1.807, 2.05) is 0 Å². The number of nitrogens with zero attached hydrogens (tertiary/aromatic N) is 4. The van der Waals surface area contributed by atoms with Crippen LogP contribution in [-0.4, -0.2) is 54.4 Å². The molecular formula is C38H48N4. The summed E-state index contributed by atoms with van der Waals surface area (Å²) in [6.07, 6.45) is 6.63. The minimum atomic E-state index is 0.967. The summed E-state index contributed by atoms with van der Waals surface area (Å²) in [6, 6.07) is 36.5. The van der Waals surface area contributed by atoms with E-state index in [-0.39, 0.29) is 0 Å². The first kappa shape index (κ1) is 29.6. The highest BCUT2D eigenvalue weighted by Crippen LogP contribution is 2.22. The molecule has 8 bridgehead atoms. The Balaban J connectivity index is 1.26. The standard InChI is InChI=1S/C38H48N4/c1-39-25-5-6-26-40(2)36-19-13-33(14-20-36)30-34-15-23-38(24-16-34)42(4)28-8-7-27-41(3)37-21-11-32(12-22-37)29-31-9-17-35(39)18-10-31/h9-24H,5-8,25-30H2,1-4H3. The third kappa shape index (κ3) is 8.09. The molecule has 4 heteroatoms. The van der Waals surface area contributed by atoms with E-state index in [1.54, 1.807) is 0 Å². The second kappa shape index (κ2) is 14.3. The van der Waals surface area contributed by atoms with Crippen LogP contribution >= 0.6 is 0 Å². The van der Waals surface area contributed by atoms with Crippen molar-refractivity contribution in [3.63, 3.8) is 0 Å². The minimum Gasteiger partial charge on any atom is -0.375 e. The molecule has 4 aromatic carbocycles. The number of benzene rings is 4. The molecule has 0 aliphatic carbocycles. The predicted molar refractivity (Wildman–Crippen MR) is 183 cm³/mol. The fourth-order valence-electron chi connectivity index (χ4n) is 5.86. The van der Waals surface area contributed by atoms with Crippen LogP contribution in [0.2, 0.25) is 0 Å². The maximum Gasteiger partial charge on any atom is 0.0363 e. The van der Waals surface area contributed by atoms with Crippen LogP contribution in [-0.2, 0) is 12.8 Å². The zero-order valence-corrected chi connectivity index (χ0v) is 26.1. The van der Waals surface area contributed by atoms with Crippen molar-refractivity contribution in [2.45, 2.75) is 38.5 Å². The third-order valence-corrected chi connectivity index (χ3v) is 8.80. The second-order valence-corrected chi connectivity index (χ2v) is 12.1. The van der Waals surface area contributed by atoms with Crippen molar-refractivity contribution in [3.05, 3.63) is 119 Å². The highest BCUT2D eigenvalue weighted by molar-refractivity contribution is 5.51. The van der Waals surface area contributed by atoms with Gasteiger partial charge in [0.2, 0.25) is 0 Å². The summed E-state index contributed by atoms with van der Waals surface area (Å²) in [4.78, 5) is 9.53. The Morgan fingerprint density at radius 2 is 0.500 bits per heavy atom. The molecule has 220 valence electrons. The monoisotopic (exact) mass is 560 g/mol. The van der Waals surface area contributed by atoms with E-state index in [4.69, 9.17) is 0 Å². The van der Waals surface area contributed by atoms with Crippen LogP contribution in [0.25, 0.3) is 0 Å². The molecule has 42 heavy (non-hydrogen) atoms. The van der Waals surface area contributed by atoms with Crippen molar-refractivity contribution in [2.24, 2.45) is 0 Å². The van der Waals surface area contributed by atoms with Crippen LogP contribution in [0, 0.1) is 0 Å². The first-order chi connectivity index (χ1) is 20.4. The summed E-state index contributed by atoms with van der Waals surface area (Å²) >= 11 is 0. The molecule has 0 fully saturated rings. The normalized spacial score (nSPS) is 15.9. The Morgan fingerprint density at radius 1 is 0.310 bits per heavy atom. The van der Waals surface area contributed by atoms with Gasteiger partial charge >= 0.3 is 0 Å². The summed E-state index contributed by atoms with van der Waals surface area (Å²) in [5.41, 5.74) is 10.6. The van der Waals surface area contributed by atoms with Crippen molar-refractivity contribution in [1.82, 2.24) is 0 Å². The number of rotatable bonds is 0. The quantitative estimate of drug-likeness (QED) is 0.217. The van der Waals surface area contributed by atoms with Gasteiger partial charge in [-0.3, -0.25) is 0 Å². The van der Waals surface area contributed by atoms with Crippen molar-refractivity contribution < 1.29 is 0 Å². The number of hydrogen-bond acceptors (Lipinski definition) is 4. The van der Waals surface area contributed by atoms with Crippen LogP contribution in [0.15, 0.2) is 97.1 Å². The molecular weight excluding hydrogens is 512 g/mol. The third-order valence-electron chi connectivity index (χ3n) is 8.80. The molecule has 0 spiro atoms. The molecule has 0 radical (unpaired) electrons. The predicted octanol–water partition coefficient (Wildman–Crippen LogP) is 7.89. The van der Waals surface area contributed by atoms with E-state index >= 15 is 0 Å². The van der Waals surface area contributed by atoms with Gasteiger partial charge in [0.05, 0.1) is 0 Å². The molecule has 11 rings (SSSR count). The Hall–Kier alpha value is -3.92. The molecule has 0 aromatic heterocycles. The van der Waals surface area contributed by atoms with E-state index in [2.05, 4.69) is 145 Å². The average Bonchev–Trinajstić information content (AvgIpc) is 3.02. The molecule has 0 saturated heterocycles. The van der Waals surface area contributed by atoms with Gasteiger partial charge in [-0.05, 0) is 109 Å². The maximum absolute atomic E-state index is 2.38. The average molecular weight is 561 g/mol. The van der Waals surface area contributed by atoms with E-state index in [9.17, 15) is 0 Å². The molecule has 4 aromatic rings. The van der Waals surface area contributed by atoms with Crippen molar-refractivity contribution >= 4 is 22.7 Å².